The highest BCUT2D eigenvalue weighted by molar-refractivity contribution is 5.99. The van der Waals surface area contributed by atoms with Gasteiger partial charge in [0.05, 0.1) is 18.6 Å². The van der Waals surface area contributed by atoms with Crippen LogP contribution in [0.4, 0.5) is 11.4 Å². The number of nitro benzene ring substituents is 1. The summed E-state index contributed by atoms with van der Waals surface area (Å²) in [4.78, 5) is 27.2. The molecule has 29 heavy (non-hydrogen) atoms. The molecule has 2 aromatic carbocycles. The van der Waals surface area contributed by atoms with E-state index in [0.29, 0.717) is 26.2 Å². The van der Waals surface area contributed by atoms with Crippen molar-refractivity contribution in [3.63, 3.8) is 0 Å². The Kier molecular flexibility index (Phi) is 6.54. The van der Waals surface area contributed by atoms with Crippen LogP contribution in [0.3, 0.4) is 0 Å². The number of carbonyl (C=O) groups excluding carboxylic acids is 1. The number of hydrogen-bond acceptors (Lipinski definition) is 6. The van der Waals surface area contributed by atoms with Crippen molar-refractivity contribution in [2.45, 2.75) is 12.8 Å². The molecular formula is C21H25N3O5. The number of benzene rings is 2. The number of anilines is 1. The first-order valence-electron chi connectivity index (χ1n) is 9.55. The monoisotopic (exact) mass is 399 g/mol. The number of carbonyl (C=O) groups is 1. The summed E-state index contributed by atoms with van der Waals surface area (Å²) < 4.78 is 10.9. The summed E-state index contributed by atoms with van der Waals surface area (Å²) in [7, 11) is 3.47. The van der Waals surface area contributed by atoms with Gasteiger partial charge in [0.1, 0.15) is 23.7 Å². The molecule has 154 valence electrons. The second-order valence-corrected chi connectivity index (χ2v) is 6.90. The van der Waals surface area contributed by atoms with E-state index in [4.69, 9.17) is 9.47 Å². The van der Waals surface area contributed by atoms with E-state index in [1.165, 1.54) is 6.07 Å². The van der Waals surface area contributed by atoms with Crippen molar-refractivity contribution in [2.24, 2.45) is 0 Å². The zero-order valence-corrected chi connectivity index (χ0v) is 16.7. The van der Waals surface area contributed by atoms with E-state index in [0.717, 1.165) is 30.0 Å². The first kappa shape index (κ1) is 20.4. The van der Waals surface area contributed by atoms with Gasteiger partial charge in [0, 0.05) is 31.9 Å². The highest BCUT2D eigenvalue weighted by Gasteiger charge is 2.27. The molecule has 1 fully saturated rings. The second kappa shape index (κ2) is 9.27. The summed E-state index contributed by atoms with van der Waals surface area (Å²) in [5.41, 5.74) is 0.710. The lowest BCUT2D eigenvalue weighted by atomic mass is 10.1. The lowest BCUT2D eigenvalue weighted by Crippen LogP contribution is -2.29. The molecule has 1 aliphatic heterocycles. The maximum absolute atomic E-state index is 12.8. The smallest absolute Gasteiger partial charge is 0.282 e. The molecule has 1 aliphatic rings. The molecule has 8 heteroatoms. The van der Waals surface area contributed by atoms with Crippen LogP contribution in [0.15, 0.2) is 42.5 Å². The largest absolute Gasteiger partial charge is 0.497 e. The van der Waals surface area contributed by atoms with Crippen LogP contribution in [0.25, 0.3) is 0 Å². The number of likely N-dealkylation sites (N-methyl/N-ethyl adjacent to an activating group) is 1. The Balaban J connectivity index is 1.67. The Hall–Kier alpha value is -3.29. The first-order chi connectivity index (χ1) is 14.0. The molecule has 2 aromatic rings. The zero-order valence-electron chi connectivity index (χ0n) is 16.7. The van der Waals surface area contributed by atoms with E-state index in [-0.39, 0.29) is 17.2 Å². The molecule has 0 N–H and O–H groups in total. The van der Waals surface area contributed by atoms with Crippen molar-refractivity contribution in [3.05, 3.63) is 58.1 Å². The van der Waals surface area contributed by atoms with Gasteiger partial charge in [-0.25, -0.2) is 0 Å². The third-order valence-electron chi connectivity index (χ3n) is 5.00. The van der Waals surface area contributed by atoms with Crippen molar-refractivity contribution in [2.75, 3.05) is 45.3 Å². The Morgan fingerprint density at radius 2 is 1.79 bits per heavy atom. The van der Waals surface area contributed by atoms with Crippen molar-refractivity contribution in [3.8, 4) is 11.5 Å². The first-order valence-corrected chi connectivity index (χ1v) is 9.55. The molecular weight excluding hydrogens is 374 g/mol. The highest BCUT2D eigenvalue weighted by atomic mass is 16.6. The molecule has 0 bridgehead atoms. The molecule has 1 saturated heterocycles. The number of nitro groups is 1. The van der Waals surface area contributed by atoms with E-state index in [2.05, 4.69) is 0 Å². The maximum Gasteiger partial charge on any atom is 0.282 e. The van der Waals surface area contributed by atoms with Gasteiger partial charge in [-0.1, -0.05) is 0 Å². The SMILES string of the molecule is COc1ccc(OCCN(C)c2ccc([N+](=O)[O-])c(C(=O)N3CCCC3)c2)cc1. The Morgan fingerprint density at radius 3 is 2.41 bits per heavy atom. The van der Waals surface area contributed by atoms with Crippen LogP contribution in [-0.4, -0.2) is 56.1 Å². The van der Waals surface area contributed by atoms with Gasteiger partial charge in [0.2, 0.25) is 0 Å². The zero-order chi connectivity index (χ0) is 20.8. The molecule has 1 amide bonds. The van der Waals surface area contributed by atoms with Crippen molar-refractivity contribution < 1.29 is 19.2 Å². The topological polar surface area (TPSA) is 85.1 Å². The molecule has 8 nitrogen and oxygen atoms in total. The fourth-order valence-corrected chi connectivity index (χ4v) is 3.28. The van der Waals surface area contributed by atoms with Gasteiger partial charge in [0.25, 0.3) is 11.6 Å². The number of amides is 1. The van der Waals surface area contributed by atoms with Gasteiger partial charge < -0.3 is 19.3 Å². The molecule has 0 unspecified atom stereocenters. The summed E-state index contributed by atoms with van der Waals surface area (Å²) in [6.07, 6.45) is 1.86. The number of ether oxygens (including phenoxy) is 2. The number of methoxy groups -OCH3 is 1. The summed E-state index contributed by atoms with van der Waals surface area (Å²) in [6.45, 7) is 2.27. The summed E-state index contributed by atoms with van der Waals surface area (Å²) in [6, 6.07) is 12.0. The minimum Gasteiger partial charge on any atom is -0.497 e. The van der Waals surface area contributed by atoms with Crippen LogP contribution >= 0.6 is 0 Å². The van der Waals surface area contributed by atoms with E-state index in [1.54, 1.807) is 24.1 Å². The Bertz CT molecular complexity index is 863. The van der Waals surface area contributed by atoms with Crippen molar-refractivity contribution in [1.29, 1.82) is 0 Å². The molecule has 1 heterocycles. The Morgan fingerprint density at radius 1 is 1.14 bits per heavy atom. The number of nitrogens with zero attached hydrogens (tertiary/aromatic N) is 3. The van der Waals surface area contributed by atoms with Gasteiger partial charge in [-0.3, -0.25) is 14.9 Å². The number of rotatable bonds is 8. The normalized spacial score (nSPS) is 13.2. The number of likely N-dealkylation sites (tertiary alicyclic amines) is 1. The van der Waals surface area contributed by atoms with Crippen LogP contribution in [0.1, 0.15) is 23.2 Å². The lowest BCUT2D eigenvalue weighted by Gasteiger charge is -2.21. The molecule has 0 aromatic heterocycles. The van der Waals surface area contributed by atoms with Crippen LogP contribution < -0.4 is 14.4 Å². The molecule has 0 radical (unpaired) electrons. The molecule has 3 rings (SSSR count). The maximum atomic E-state index is 12.8. The van der Waals surface area contributed by atoms with Gasteiger partial charge in [-0.15, -0.1) is 0 Å². The third kappa shape index (κ3) is 4.96. The molecule has 0 atom stereocenters. The van der Waals surface area contributed by atoms with Gasteiger partial charge >= 0.3 is 0 Å². The van der Waals surface area contributed by atoms with Crippen LogP contribution in [0.5, 0.6) is 11.5 Å². The van der Waals surface area contributed by atoms with Crippen molar-refractivity contribution in [1.82, 2.24) is 4.90 Å². The Labute approximate surface area is 169 Å². The average Bonchev–Trinajstić information content (AvgIpc) is 3.28. The lowest BCUT2D eigenvalue weighted by molar-refractivity contribution is -0.385. The van der Waals surface area contributed by atoms with E-state index in [1.807, 2.05) is 36.2 Å². The van der Waals surface area contributed by atoms with Gasteiger partial charge in [-0.2, -0.15) is 0 Å². The van der Waals surface area contributed by atoms with E-state index < -0.39 is 4.92 Å². The summed E-state index contributed by atoms with van der Waals surface area (Å²) >= 11 is 0. The van der Waals surface area contributed by atoms with Crippen molar-refractivity contribution >= 4 is 17.3 Å². The summed E-state index contributed by atoms with van der Waals surface area (Å²) in [5, 5.41) is 11.4. The predicted octanol–water partition coefficient (Wildman–Crippen LogP) is 3.35. The fourth-order valence-electron chi connectivity index (χ4n) is 3.28. The highest BCUT2D eigenvalue weighted by Crippen LogP contribution is 2.27. The predicted molar refractivity (Wildman–Crippen MR) is 110 cm³/mol. The van der Waals surface area contributed by atoms with E-state index in [9.17, 15) is 14.9 Å². The van der Waals surface area contributed by atoms with E-state index >= 15 is 0 Å². The van der Waals surface area contributed by atoms with Crippen LogP contribution in [0.2, 0.25) is 0 Å². The minimum absolute atomic E-state index is 0.136. The van der Waals surface area contributed by atoms with Gasteiger partial charge in [-0.05, 0) is 49.2 Å². The second-order valence-electron chi connectivity index (χ2n) is 6.90. The minimum atomic E-state index is -0.500. The average molecular weight is 399 g/mol. The standard InChI is InChI=1S/C21H25N3O5/c1-22(13-14-29-18-8-6-17(28-2)7-9-18)16-5-10-20(24(26)27)19(15-16)21(25)23-11-3-4-12-23/h5-10,15H,3-4,11-14H2,1-2H3. The fraction of sp³-hybridized carbons (Fsp3) is 0.381. The molecule has 0 saturated carbocycles. The third-order valence-corrected chi connectivity index (χ3v) is 5.00. The molecule has 0 aliphatic carbocycles. The summed E-state index contributed by atoms with van der Waals surface area (Å²) in [5.74, 6) is 1.21. The molecule has 0 spiro atoms. The number of hydrogen-bond donors (Lipinski definition) is 0. The van der Waals surface area contributed by atoms with Crippen LogP contribution in [-0.2, 0) is 0 Å². The quantitative estimate of drug-likeness (QED) is 0.500. The van der Waals surface area contributed by atoms with Crippen LogP contribution in [0, 0.1) is 10.1 Å². The van der Waals surface area contributed by atoms with Gasteiger partial charge in [0.15, 0.2) is 0 Å².